The van der Waals surface area contributed by atoms with E-state index in [1.54, 1.807) is 0 Å². The average molecular weight is 302 g/mol. The summed E-state index contributed by atoms with van der Waals surface area (Å²) in [6.45, 7) is 5.00. The normalized spacial score (nSPS) is 14.0. The van der Waals surface area contributed by atoms with Gasteiger partial charge in [0.05, 0.1) is 11.6 Å². The van der Waals surface area contributed by atoms with E-state index in [2.05, 4.69) is 9.90 Å². The van der Waals surface area contributed by atoms with Crippen molar-refractivity contribution in [3.8, 4) is 0 Å². The van der Waals surface area contributed by atoms with E-state index in [-0.39, 0.29) is 22.5 Å². The molecule has 0 fully saturated rings. The molecule has 0 radical (unpaired) electrons. The summed E-state index contributed by atoms with van der Waals surface area (Å²) in [5, 5.41) is 2.70. The van der Waals surface area contributed by atoms with Crippen LogP contribution in [0.2, 0.25) is 0 Å². The van der Waals surface area contributed by atoms with Crippen molar-refractivity contribution in [3.63, 3.8) is 0 Å². The van der Waals surface area contributed by atoms with Crippen LogP contribution in [-0.2, 0) is 10.0 Å². The monoisotopic (exact) mass is 302 g/mol. The van der Waals surface area contributed by atoms with E-state index >= 15 is 0 Å². The lowest BCUT2D eigenvalue weighted by Gasteiger charge is -2.28. The Morgan fingerprint density at radius 3 is 2.20 bits per heavy atom. The number of hydrogen-bond acceptors (Lipinski definition) is 4. The van der Waals surface area contributed by atoms with Crippen LogP contribution in [0.25, 0.3) is 0 Å². The lowest BCUT2D eigenvalue weighted by Crippen LogP contribution is -2.36. The van der Waals surface area contributed by atoms with Gasteiger partial charge >= 0.3 is 0 Å². The van der Waals surface area contributed by atoms with Crippen LogP contribution in [0, 0.1) is 16.2 Å². The van der Waals surface area contributed by atoms with Crippen LogP contribution >= 0.6 is 0 Å². The highest BCUT2D eigenvalue weighted by atomic mass is 32.2. The van der Waals surface area contributed by atoms with E-state index in [0.717, 1.165) is 0 Å². The van der Waals surface area contributed by atoms with Gasteiger partial charge in [-0.25, -0.2) is 13.1 Å². The lowest BCUT2D eigenvalue weighted by atomic mass is 9.82. The molecule has 0 aliphatic rings. The van der Waals surface area contributed by atoms with Gasteiger partial charge in [-0.05, 0) is 34.9 Å². The molecule has 0 amide bonds. The summed E-state index contributed by atoms with van der Waals surface area (Å²) in [7, 11) is -3.71. The molecule has 0 heterocycles. The molecule has 1 aromatic rings. The minimum atomic E-state index is -3.71. The summed E-state index contributed by atoms with van der Waals surface area (Å²) in [5.41, 5.74) is -0.178. The Morgan fingerprint density at radius 2 is 1.80 bits per heavy atom. The van der Waals surface area contributed by atoms with Crippen molar-refractivity contribution in [2.45, 2.75) is 25.7 Å². The average Bonchev–Trinajstić information content (AvgIpc) is 2.38. The topological polar surface area (TPSA) is 75.6 Å². The zero-order valence-corrected chi connectivity index (χ0v) is 12.6. The molecule has 0 spiro atoms. The van der Waals surface area contributed by atoms with E-state index in [9.17, 15) is 17.7 Å². The lowest BCUT2D eigenvalue weighted by molar-refractivity contribution is 0.193. The number of rotatable bonds is 6. The van der Waals surface area contributed by atoms with Gasteiger partial charge in [-0.1, -0.05) is 20.8 Å². The maximum Gasteiger partial charge on any atom is 0.240 e. The number of halogens is 1. The van der Waals surface area contributed by atoms with Crippen LogP contribution in [0.5, 0.6) is 0 Å². The standard InChI is InChI=1S/C13H19FN2O3S/c1-13(2,3)10(8-14)9-15-20(18,19)12-6-4-11(16-17)5-7-12/h4-7,10,15H,8-9H2,1-3H3. The van der Waals surface area contributed by atoms with Gasteiger partial charge in [-0.3, -0.25) is 4.39 Å². The van der Waals surface area contributed by atoms with Gasteiger partial charge < -0.3 is 0 Å². The molecule has 0 bridgehead atoms. The van der Waals surface area contributed by atoms with Crippen molar-refractivity contribution in [3.05, 3.63) is 29.2 Å². The zero-order chi connectivity index (χ0) is 15.4. The summed E-state index contributed by atoms with van der Waals surface area (Å²) in [5.74, 6) is -0.409. The summed E-state index contributed by atoms with van der Waals surface area (Å²) in [6, 6.07) is 5.22. The maximum atomic E-state index is 12.9. The van der Waals surface area contributed by atoms with E-state index in [4.69, 9.17) is 0 Å². The third kappa shape index (κ3) is 4.35. The second-order valence-corrected chi connectivity index (χ2v) is 7.42. The number of nitrogens with one attached hydrogen (secondary N) is 1. The molecular weight excluding hydrogens is 283 g/mol. The Labute approximate surface area is 118 Å². The molecule has 0 saturated carbocycles. The molecular formula is C13H19FN2O3S. The highest BCUT2D eigenvalue weighted by molar-refractivity contribution is 7.89. The largest absolute Gasteiger partial charge is 0.251 e. The van der Waals surface area contributed by atoms with Gasteiger partial charge in [0, 0.05) is 12.5 Å². The third-order valence-corrected chi connectivity index (χ3v) is 4.62. The van der Waals surface area contributed by atoms with Crippen LogP contribution in [0.1, 0.15) is 20.8 Å². The van der Waals surface area contributed by atoms with Crippen molar-refractivity contribution in [1.82, 2.24) is 4.72 Å². The predicted octanol–water partition coefficient (Wildman–Crippen LogP) is 2.99. The smallest absolute Gasteiger partial charge is 0.240 e. The minimum Gasteiger partial charge on any atom is -0.251 e. The van der Waals surface area contributed by atoms with Crippen LogP contribution in [0.3, 0.4) is 0 Å². The molecule has 5 nitrogen and oxygen atoms in total. The first-order valence-electron chi connectivity index (χ1n) is 6.20. The minimum absolute atomic E-state index is 0.0238. The molecule has 1 rings (SSSR count). The van der Waals surface area contributed by atoms with Crippen LogP contribution in [-0.4, -0.2) is 21.6 Å². The second-order valence-electron chi connectivity index (χ2n) is 5.65. The Bertz CT molecular complexity index is 550. The molecule has 1 N–H and O–H groups in total. The maximum absolute atomic E-state index is 12.9. The second kappa shape index (κ2) is 6.41. The summed E-state index contributed by atoms with van der Waals surface area (Å²) < 4.78 is 39.4. The molecule has 1 unspecified atom stereocenters. The van der Waals surface area contributed by atoms with E-state index in [1.807, 2.05) is 20.8 Å². The fourth-order valence-electron chi connectivity index (χ4n) is 1.57. The van der Waals surface area contributed by atoms with Crippen molar-refractivity contribution in [2.75, 3.05) is 13.2 Å². The molecule has 0 aliphatic heterocycles. The molecule has 1 aromatic carbocycles. The molecule has 0 saturated heterocycles. The fraction of sp³-hybridized carbons (Fsp3) is 0.538. The Kier molecular flexibility index (Phi) is 5.35. The highest BCUT2D eigenvalue weighted by Gasteiger charge is 2.26. The van der Waals surface area contributed by atoms with Gasteiger partial charge in [-0.15, -0.1) is 4.91 Å². The zero-order valence-electron chi connectivity index (χ0n) is 11.8. The highest BCUT2D eigenvalue weighted by Crippen LogP contribution is 2.26. The summed E-state index contributed by atoms with van der Waals surface area (Å²) in [4.78, 5) is 10.3. The summed E-state index contributed by atoms with van der Waals surface area (Å²) in [6.07, 6.45) is 0. The quantitative estimate of drug-likeness (QED) is 0.821. The molecule has 0 aliphatic carbocycles. The van der Waals surface area contributed by atoms with Gasteiger partial charge in [0.1, 0.15) is 5.69 Å². The van der Waals surface area contributed by atoms with Crippen LogP contribution in [0.4, 0.5) is 10.1 Å². The third-order valence-electron chi connectivity index (χ3n) is 3.18. The number of hydrogen-bond donors (Lipinski definition) is 1. The first-order chi connectivity index (χ1) is 9.20. The first kappa shape index (κ1) is 16.7. The van der Waals surface area contributed by atoms with Gasteiger partial charge in [0.2, 0.25) is 10.0 Å². The van der Waals surface area contributed by atoms with Gasteiger partial charge in [0.15, 0.2) is 0 Å². The first-order valence-corrected chi connectivity index (χ1v) is 7.68. The number of alkyl halides is 1. The Balaban J connectivity index is 2.81. The molecule has 7 heteroatoms. The molecule has 0 aromatic heterocycles. The Morgan fingerprint density at radius 1 is 1.25 bits per heavy atom. The Hall–Kier alpha value is -1.34. The van der Waals surface area contributed by atoms with Gasteiger partial charge in [-0.2, -0.15) is 0 Å². The number of nitrogens with zero attached hydrogens (tertiary/aromatic N) is 1. The van der Waals surface area contributed by atoms with E-state index < -0.39 is 22.6 Å². The summed E-state index contributed by atoms with van der Waals surface area (Å²) >= 11 is 0. The number of benzene rings is 1. The van der Waals surface area contributed by atoms with Crippen molar-refractivity contribution >= 4 is 15.7 Å². The van der Waals surface area contributed by atoms with E-state index in [1.165, 1.54) is 24.3 Å². The van der Waals surface area contributed by atoms with Crippen molar-refractivity contribution in [1.29, 1.82) is 0 Å². The van der Waals surface area contributed by atoms with E-state index in [0.29, 0.717) is 0 Å². The molecule has 20 heavy (non-hydrogen) atoms. The molecule has 112 valence electrons. The van der Waals surface area contributed by atoms with Crippen molar-refractivity contribution in [2.24, 2.45) is 16.5 Å². The number of sulfonamides is 1. The fourth-order valence-corrected chi connectivity index (χ4v) is 2.65. The predicted molar refractivity (Wildman–Crippen MR) is 76.0 cm³/mol. The van der Waals surface area contributed by atoms with Crippen LogP contribution < -0.4 is 4.72 Å². The van der Waals surface area contributed by atoms with Crippen molar-refractivity contribution < 1.29 is 12.8 Å². The van der Waals surface area contributed by atoms with Gasteiger partial charge in [0.25, 0.3) is 0 Å². The van der Waals surface area contributed by atoms with Crippen LogP contribution in [0.15, 0.2) is 34.3 Å². The number of nitroso groups, excluding NO2 is 1. The SMILES string of the molecule is CC(C)(C)C(CF)CNS(=O)(=O)c1ccc(N=O)cc1. The molecule has 1 atom stereocenters.